The minimum atomic E-state index is 0.667. The normalized spacial score (nSPS) is 37.0. The van der Waals surface area contributed by atoms with Crippen molar-refractivity contribution in [2.45, 2.75) is 44.8 Å². The average Bonchev–Trinajstić information content (AvgIpc) is 2.23. The molecule has 0 radical (unpaired) electrons. The zero-order valence-electron chi connectivity index (χ0n) is 10.4. The Morgan fingerprint density at radius 3 is 2.47 bits per heavy atom. The number of piperidine rings is 1. The molecule has 0 aliphatic carbocycles. The molecule has 2 aliphatic heterocycles. The van der Waals surface area contributed by atoms with Gasteiger partial charge in [0.2, 0.25) is 0 Å². The number of hydrogen-bond donors (Lipinski definition) is 1. The molecule has 2 rings (SSSR count). The van der Waals surface area contributed by atoms with Crippen LogP contribution in [0.15, 0.2) is 0 Å². The highest BCUT2D eigenvalue weighted by Crippen LogP contribution is 2.20. The molecule has 0 amide bonds. The number of piperazine rings is 1. The van der Waals surface area contributed by atoms with Crippen LogP contribution < -0.4 is 5.32 Å². The Kier molecular flexibility index (Phi) is 3.65. The summed E-state index contributed by atoms with van der Waals surface area (Å²) in [5.74, 6) is 0. The van der Waals surface area contributed by atoms with Crippen LogP contribution in [-0.4, -0.2) is 61.2 Å². The van der Waals surface area contributed by atoms with Gasteiger partial charge >= 0.3 is 0 Å². The van der Waals surface area contributed by atoms with E-state index in [1.165, 1.54) is 32.5 Å². The first-order chi connectivity index (χ1) is 7.16. The number of nitrogens with zero attached hydrogens (tertiary/aromatic N) is 2. The third kappa shape index (κ3) is 2.71. The highest BCUT2D eigenvalue weighted by atomic mass is 15.3. The fraction of sp³-hybridized carbons (Fsp3) is 1.00. The fourth-order valence-corrected chi connectivity index (χ4v) is 2.89. The van der Waals surface area contributed by atoms with E-state index in [2.05, 4.69) is 36.0 Å². The van der Waals surface area contributed by atoms with Crippen LogP contribution in [-0.2, 0) is 0 Å². The fourth-order valence-electron chi connectivity index (χ4n) is 2.89. The molecule has 2 aliphatic rings. The number of nitrogens with one attached hydrogen (secondary N) is 1. The minimum Gasteiger partial charge on any atom is -0.311 e. The molecular weight excluding hydrogens is 186 g/mol. The van der Waals surface area contributed by atoms with Crippen LogP contribution in [0.5, 0.6) is 0 Å². The second-order valence-corrected chi connectivity index (χ2v) is 5.39. The number of hydrogen-bond acceptors (Lipinski definition) is 3. The summed E-state index contributed by atoms with van der Waals surface area (Å²) in [6.45, 7) is 9.60. The van der Waals surface area contributed by atoms with Gasteiger partial charge in [-0.15, -0.1) is 0 Å². The molecule has 2 heterocycles. The van der Waals surface area contributed by atoms with Crippen molar-refractivity contribution in [1.82, 2.24) is 15.1 Å². The molecule has 3 heteroatoms. The van der Waals surface area contributed by atoms with E-state index in [0.717, 1.165) is 18.6 Å². The Hall–Kier alpha value is -0.120. The summed E-state index contributed by atoms with van der Waals surface area (Å²) in [4.78, 5) is 5.18. The molecule has 2 atom stereocenters. The SMILES string of the molecule is CC1CN(C2CCN(C)CC2)C(C)CN1. The maximum Gasteiger partial charge on any atom is 0.0196 e. The minimum absolute atomic E-state index is 0.667. The van der Waals surface area contributed by atoms with E-state index in [9.17, 15) is 0 Å². The van der Waals surface area contributed by atoms with Gasteiger partial charge in [0.15, 0.2) is 0 Å². The van der Waals surface area contributed by atoms with Gasteiger partial charge in [0.05, 0.1) is 0 Å². The lowest BCUT2D eigenvalue weighted by atomic mass is 9.99. The van der Waals surface area contributed by atoms with Gasteiger partial charge in [0.1, 0.15) is 0 Å². The van der Waals surface area contributed by atoms with Gasteiger partial charge in [-0.3, -0.25) is 4.90 Å². The van der Waals surface area contributed by atoms with Crippen molar-refractivity contribution < 1.29 is 0 Å². The van der Waals surface area contributed by atoms with E-state index in [0.29, 0.717) is 6.04 Å². The summed E-state index contributed by atoms with van der Waals surface area (Å²) in [5.41, 5.74) is 0. The van der Waals surface area contributed by atoms with Crippen LogP contribution in [0.25, 0.3) is 0 Å². The molecule has 88 valence electrons. The summed E-state index contributed by atoms with van der Waals surface area (Å²) in [7, 11) is 2.24. The van der Waals surface area contributed by atoms with Crippen molar-refractivity contribution in [3.8, 4) is 0 Å². The quantitative estimate of drug-likeness (QED) is 0.691. The predicted molar refractivity (Wildman–Crippen MR) is 64.2 cm³/mol. The van der Waals surface area contributed by atoms with Crippen molar-refractivity contribution in [3.63, 3.8) is 0 Å². The molecule has 0 spiro atoms. The lowest BCUT2D eigenvalue weighted by Crippen LogP contribution is -2.59. The monoisotopic (exact) mass is 211 g/mol. The summed E-state index contributed by atoms with van der Waals surface area (Å²) in [5, 5.41) is 3.56. The zero-order valence-corrected chi connectivity index (χ0v) is 10.4. The summed E-state index contributed by atoms with van der Waals surface area (Å²) >= 11 is 0. The van der Waals surface area contributed by atoms with Gasteiger partial charge in [0.25, 0.3) is 0 Å². The molecule has 0 aromatic rings. The first-order valence-electron chi connectivity index (χ1n) is 6.34. The molecule has 15 heavy (non-hydrogen) atoms. The number of likely N-dealkylation sites (tertiary alicyclic amines) is 1. The van der Waals surface area contributed by atoms with E-state index in [-0.39, 0.29) is 0 Å². The van der Waals surface area contributed by atoms with Crippen molar-refractivity contribution in [2.24, 2.45) is 0 Å². The molecule has 0 aromatic heterocycles. The Labute approximate surface area is 93.8 Å². The van der Waals surface area contributed by atoms with Crippen molar-refractivity contribution in [1.29, 1.82) is 0 Å². The summed E-state index contributed by atoms with van der Waals surface area (Å²) in [6.07, 6.45) is 2.71. The molecule has 2 unspecified atom stereocenters. The van der Waals surface area contributed by atoms with Gasteiger partial charge in [-0.25, -0.2) is 0 Å². The van der Waals surface area contributed by atoms with Crippen LogP contribution in [0.2, 0.25) is 0 Å². The lowest BCUT2D eigenvalue weighted by molar-refractivity contribution is 0.0575. The average molecular weight is 211 g/mol. The Morgan fingerprint density at radius 1 is 1.13 bits per heavy atom. The maximum atomic E-state index is 3.56. The van der Waals surface area contributed by atoms with E-state index >= 15 is 0 Å². The van der Waals surface area contributed by atoms with Crippen LogP contribution in [0.4, 0.5) is 0 Å². The van der Waals surface area contributed by atoms with Crippen molar-refractivity contribution in [2.75, 3.05) is 33.2 Å². The Bertz CT molecular complexity index is 199. The lowest BCUT2D eigenvalue weighted by Gasteiger charge is -2.45. The standard InChI is InChI=1S/C12H25N3/c1-10-9-15(11(2)8-13-10)12-4-6-14(3)7-5-12/h10-13H,4-9H2,1-3H3. The molecule has 2 saturated heterocycles. The smallest absolute Gasteiger partial charge is 0.0196 e. The highest BCUT2D eigenvalue weighted by Gasteiger charge is 2.30. The second kappa shape index (κ2) is 4.81. The summed E-state index contributed by atoms with van der Waals surface area (Å²) in [6, 6.07) is 2.22. The van der Waals surface area contributed by atoms with Crippen LogP contribution in [0.3, 0.4) is 0 Å². The molecule has 1 N–H and O–H groups in total. The molecule has 2 fully saturated rings. The third-order valence-electron chi connectivity index (χ3n) is 3.97. The van der Waals surface area contributed by atoms with Crippen molar-refractivity contribution >= 4 is 0 Å². The van der Waals surface area contributed by atoms with E-state index in [1.807, 2.05) is 0 Å². The number of rotatable bonds is 1. The maximum absolute atomic E-state index is 3.56. The van der Waals surface area contributed by atoms with E-state index in [1.54, 1.807) is 0 Å². The van der Waals surface area contributed by atoms with Gasteiger partial charge in [-0.05, 0) is 46.8 Å². The molecule has 0 aromatic carbocycles. The van der Waals surface area contributed by atoms with Gasteiger partial charge in [0, 0.05) is 31.2 Å². The Morgan fingerprint density at radius 2 is 1.80 bits per heavy atom. The van der Waals surface area contributed by atoms with Crippen LogP contribution in [0, 0.1) is 0 Å². The first-order valence-corrected chi connectivity index (χ1v) is 6.34. The Balaban J connectivity index is 1.90. The third-order valence-corrected chi connectivity index (χ3v) is 3.97. The molecule has 0 bridgehead atoms. The van der Waals surface area contributed by atoms with Crippen molar-refractivity contribution in [3.05, 3.63) is 0 Å². The topological polar surface area (TPSA) is 18.5 Å². The zero-order chi connectivity index (χ0) is 10.8. The van der Waals surface area contributed by atoms with E-state index < -0.39 is 0 Å². The highest BCUT2D eigenvalue weighted by molar-refractivity contribution is 4.88. The van der Waals surface area contributed by atoms with Gasteiger partial charge < -0.3 is 10.2 Å². The van der Waals surface area contributed by atoms with Gasteiger partial charge in [-0.2, -0.15) is 0 Å². The van der Waals surface area contributed by atoms with Gasteiger partial charge in [-0.1, -0.05) is 0 Å². The molecule has 3 nitrogen and oxygen atoms in total. The molecular formula is C12H25N3. The summed E-state index contributed by atoms with van der Waals surface area (Å²) < 4.78 is 0. The van der Waals surface area contributed by atoms with E-state index in [4.69, 9.17) is 0 Å². The second-order valence-electron chi connectivity index (χ2n) is 5.39. The predicted octanol–water partition coefficient (Wildman–Crippen LogP) is 0.763. The largest absolute Gasteiger partial charge is 0.311 e. The van der Waals surface area contributed by atoms with Crippen LogP contribution >= 0.6 is 0 Å². The first kappa shape index (κ1) is 11.4. The molecule has 0 saturated carbocycles. The van der Waals surface area contributed by atoms with Crippen LogP contribution in [0.1, 0.15) is 26.7 Å².